The van der Waals surface area contributed by atoms with Gasteiger partial charge >= 0.3 is 0 Å². The van der Waals surface area contributed by atoms with Crippen LogP contribution in [0, 0.1) is 0 Å². The Morgan fingerprint density at radius 3 is 2.50 bits per heavy atom. The number of nitrogens with one attached hydrogen (secondary N) is 2. The zero-order valence-electron chi connectivity index (χ0n) is 14.1. The highest BCUT2D eigenvalue weighted by Crippen LogP contribution is 2.43. The van der Waals surface area contributed by atoms with Gasteiger partial charge < -0.3 is 15.1 Å². The zero-order chi connectivity index (χ0) is 16.0. The Morgan fingerprint density at radius 1 is 1.12 bits per heavy atom. The van der Waals surface area contributed by atoms with Crippen LogP contribution < -0.4 is 10.6 Å². The summed E-state index contributed by atoms with van der Waals surface area (Å²) in [5.41, 5.74) is 1.70. The summed E-state index contributed by atoms with van der Waals surface area (Å²) in [6.45, 7) is 1.74. The summed E-state index contributed by atoms with van der Waals surface area (Å²) in [4.78, 5) is 4.33. The highest BCUT2D eigenvalue weighted by molar-refractivity contribution is 14.0. The molecule has 1 saturated carbocycles. The van der Waals surface area contributed by atoms with Gasteiger partial charge in [-0.1, -0.05) is 36.8 Å². The summed E-state index contributed by atoms with van der Waals surface area (Å²) >= 11 is 0. The van der Waals surface area contributed by atoms with E-state index in [2.05, 4.69) is 46.0 Å². The van der Waals surface area contributed by atoms with Crippen LogP contribution in [0.2, 0.25) is 0 Å². The van der Waals surface area contributed by atoms with Crippen LogP contribution in [0.4, 0.5) is 0 Å². The van der Waals surface area contributed by atoms with E-state index in [4.69, 9.17) is 4.42 Å². The first-order valence-electron chi connectivity index (χ1n) is 8.35. The molecule has 24 heavy (non-hydrogen) atoms. The van der Waals surface area contributed by atoms with Crippen LogP contribution in [-0.2, 0) is 11.8 Å². The normalized spacial score (nSPS) is 16.0. The maximum Gasteiger partial charge on any atom is 0.191 e. The molecule has 5 heteroatoms. The largest absolute Gasteiger partial charge is 0.469 e. The Bertz CT molecular complexity index is 621. The van der Waals surface area contributed by atoms with Crippen LogP contribution >= 0.6 is 24.0 Å². The van der Waals surface area contributed by atoms with Gasteiger partial charge in [-0.15, -0.1) is 24.0 Å². The van der Waals surface area contributed by atoms with Gasteiger partial charge in [-0.2, -0.15) is 0 Å². The summed E-state index contributed by atoms with van der Waals surface area (Å²) in [5, 5.41) is 6.86. The molecule has 0 radical (unpaired) electrons. The van der Waals surface area contributed by atoms with Crippen molar-refractivity contribution < 1.29 is 4.42 Å². The van der Waals surface area contributed by atoms with Crippen LogP contribution in [0.5, 0.6) is 0 Å². The second-order valence-electron chi connectivity index (χ2n) is 6.18. The summed E-state index contributed by atoms with van der Waals surface area (Å²) < 4.78 is 5.35. The Morgan fingerprint density at radius 2 is 1.92 bits per heavy atom. The van der Waals surface area contributed by atoms with Crippen molar-refractivity contribution in [1.82, 2.24) is 10.6 Å². The molecule has 1 heterocycles. The highest BCUT2D eigenvalue weighted by atomic mass is 127. The summed E-state index contributed by atoms with van der Waals surface area (Å²) in [5.74, 6) is 1.85. The third-order valence-corrected chi connectivity index (χ3v) is 4.76. The average molecular weight is 439 g/mol. The molecule has 130 valence electrons. The molecule has 0 unspecified atom stereocenters. The van der Waals surface area contributed by atoms with Crippen molar-refractivity contribution in [3.05, 3.63) is 60.1 Å². The molecule has 1 aliphatic carbocycles. The van der Waals surface area contributed by atoms with Crippen molar-refractivity contribution in [2.45, 2.75) is 31.1 Å². The van der Waals surface area contributed by atoms with E-state index in [0.29, 0.717) is 0 Å². The third kappa shape index (κ3) is 4.53. The van der Waals surface area contributed by atoms with Crippen molar-refractivity contribution in [2.24, 2.45) is 4.99 Å². The zero-order valence-corrected chi connectivity index (χ0v) is 16.5. The van der Waals surface area contributed by atoms with Crippen molar-refractivity contribution in [2.75, 3.05) is 20.1 Å². The second kappa shape index (κ2) is 9.11. The van der Waals surface area contributed by atoms with Gasteiger partial charge in [0.25, 0.3) is 0 Å². The van der Waals surface area contributed by atoms with E-state index < -0.39 is 0 Å². The van der Waals surface area contributed by atoms with Gasteiger partial charge in [0.1, 0.15) is 5.76 Å². The van der Waals surface area contributed by atoms with Crippen LogP contribution in [0.3, 0.4) is 0 Å². The Labute approximate surface area is 161 Å². The minimum atomic E-state index is 0. The first-order valence-corrected chi connectivity index (χ1v) is 8.35. The van der Waals surface area contributed by atoms with Crippen molar-refractivity contribution in [3.8, 4) is 0 Å². The van der Waals surface area contributed by atoms with Crippen LogP contribution in [-0.4, -0.2) is 26.1 Å². The summed E-state index contributed by atoms with van der Waals surface area (Å²) in [6.07, 6.45) is 6.36. The number of furan rings is 1. The molecule has 1 aromatic carbocycles. The van der Waals surface area contributed by atoms with Gasteiger partial charge in [-0.3, -0.25) is 4.99 Å². The monoisotopic (exact) mass is 439 g/mol. The number of benzene rings is 1. The maximum atomic E-state index is 5.35. The van der Waals surface area contributed by atoms with Gasteiger partial charge in [0, 0.05) is 32.0 Å². The molecule has 0 saturated heterocycles. The molecule has 1 aromatic heterocycles. The van der Waals surface area contributed by atoms with E-state index in [-0.39, 0.29) is 29.4 Å². The van der Waals surface area contributed by atoms with Crippen molar-refractivity contribution >= 4 is 29.9 Å². The van der Waals surface area contributed by atoms with Gasteiger partial charge in [-0.05, 0) is 30.5 Å². The Balaban J connectivity index is 0.00000208. The van der Waals surface area contributed by atoms with E-state index in [1.807, 2.05) is 19.2 Å². The van der Waals surface area contributed by atoms with Gasteiger partial charge in [0.05, 0.1) is 6.26 Å². The van der Waals surface area contributed by atoms with Crippen LogP contribution in [0.1, 0.15) is 30.6 Å². The van der Waals surface area contributed by atoms with E-state index in [1.165, 1.54) is 24.8 Å². The number of hydrogen-bond donors (Lipinski definition) is 2. The third-order valence-electron chi connectivity index (χ3n) is 4.76. The van der Waals surface area contributed by atoms with E-state index >= 15 is 0 Å². The molecule has 0 aliphatic heterocycles. The molecule has 2 aromatic rings. The quantitative estimate of drug-likeness (QED) is 0.410. The molecule has 0 bridgehead atoms. The minimum absolute atomic E-state index is 0. The fraction of sp³-hybridized carbons (Fsp3) is 0.421. The SMILES string of the molecule is CN=C(NCCc1ccco1)NCC1(c2ccccc2)CCC1.I. The lowest BCUT2D eigenvalue weighted by Gasteiger charge is -2.43. The summed E-state index contributed by atoms with van der Waals surface area (Å²) in [6, 6.07) is 14.7. The van der Waals surface area contributed by atoms with E-state index in [0.717, 1.165) is 31.2 Å². The molecule has 2 N–H and O–H groups in total. The number of rotatable bonds is 6. The lowest BCUT2D eigenvalue weighted by atomic mass is 9.64. The lowest BCUT2D eigenvalue weighted by molar-refractivity contribution is 0.244. The predicted octanol–water partition coefficient (Wildman–Crippen LogP) is 3.73. The summed E-state index contributed by atoms with van der Waals surface area (Å²) in [7, 11) is 1.82. The maximum absolute atomic E-state index is 5.35. The Hall–Kier alpha value is -1.50. The van der Waals surface area contributed by atoms with E-state index in [1.54, 1.807) is 6.26 Å². The minimum Gasteiger partial charge on any atom is -0.469 e. The lowest BCUT2D eigenvalue weighted by Crippen LogP contribution is -2.49. The molecule has 0 amide bonds. The fourth-order valence-corrected chi connectivity index (χ4v) is 3.20. The smallest absolute Gasteiger partial charge is 0.191 e. The molecule has 3 rings (SSSR count). The first kappa shape index (κ1) is 18.8. The predicted molar refractivity (Wildman–Crippen MR) is 109 cm³/mol. The number of aliphatic imine (C=N–C) groups is 1. The fourth-order valence-electron chi connectivity index (χ4n) is 3.20. The molecule has 1 aliphatic rings. The van der Waals surface area contributed by atoms with Crippen LogP contribution in [0.25, 0.3) is 0 Å². The number of nitrogens with zero attached hydrogens (tertiary/aromatic N) is 1. The van der Waals surface area contributed by atoms with E-state index in [9.17, 15) is 0 Å². The topological polar surface area (TPSA) is 49.6 Å². The standard InChI is InChI=1S/C19H25N3O.HI/c1-20-18(21-13-10-17-9-5-14-23-17)22-15-19(11-6-12-19)16-7-3-2-4-8-16;/h2-5,7-9,14H,6,10-13,15H2,1H3,(H2,20,21,22);1H. The second-order valence-corrected chi connectivity index (χ2v) is 6.18. The van der Waals surface area contributed by atoms with Crippen molar-refractivity contribution in [3.63, 3.8) is 0 Å². The van der Waals surface area contributed by atoms with Gasteiger partial charge in [0.15, 0.2) is 5.96 Å². The van der Waals surface area contributed by atoms with Gasteiger partial charge in [0.2, 0.25) is 0 Å². The molecule has 1 fully saturated rings. The molecular formula is C19H26IN3O. The average Bonchev–Trinajstić information content (AvgIpc) is 3.06. The van der Waals surface area contributed by atoms with Crippen molar-refractivity contribution in [1.29, 1.82) is 0 Å². The number of halogens is 1. The molecular weight excluding hydrogens is 413 g/mol. The van der Waals surface area contributed by atoms with Gasteiger partial charge in [-0.25, -0.2) is 0 Å². The highest BCUT2D eigenvalue weighted by Gasteiger charge is 2.38. The first-order chi connectivity index (χ1) is 11.3. The number of guanidine groups is 1. The molecule has 4 nitrogen and oxygen atoms in total. The molecule has 0 atom stereocenters. The number of hydrogen-bond acceptors (Lipinski definition) is 2. The van der Waals surface area contributed by atoms with Crippen LogP contribution in [0.15, 0.2) is 58.1 Å². The molecule has 0 spiro atoms. The Kier molecular flexibility index (Phi) is 7.15.